The molecule has 5 heteroatoms. The molecule has 2 N–H and O–H groups in total. The monoisotopic (exact) mass is 233 g/mol. The van der Waals surface area contributed by atoms with Gasteiger partial charge in [0, 0.05) is 30.9 Å². The number of carboxylic acid groups (broad SMARTS) is 2. The van der Waals surface area contributed by atoms with Gasteiger partial charge in [0.05, 0.1) is 0 Å². The average Bonchev–Trinajstić information content (AvgIpc) is 1.85. The maximum atomic E-state index is 9.00. The normalized spacial score (nSPS) is 6.15. The third kappa shape index (κ3) is 4860. The number of aliphatic carboxylic acids is 2. The first-order chi connectivity index (χ1) is 5.38. The van der Waals surface area contributed by atoms with Gasteiger partial charge in [-0.2, -0.15) is 13.3 Å². The second-order valence-electron chi connectivity index (χ2n) is 1.85. The SMILES string of the molecule is CC(=O)O.CC(=O)O.C[CH-]CC.[Fe]. The number of rotatable bonds is 1. The van der Waals surface area contributed by atoms with Crippen LogP contribution >= 0.6 is 0 Å². The van der Waals surface area contributed by atoms with Crippen molar-refractivity contribution in [3.05, 3.63) is 6.42 Å². The van der Waals surface area contributed by atoms with Crippen molar-refractivity contribution in [2.45, 2.75) is 34.1 Å². The molecule has 0 saturated heterocycles. The molecule has 0 spiro atoms. The van der Waals surface area contributed by atoms with Gasteiger partial charge in [-0.15, -0.1) is 0 Å². The molecule has 0 aromatic rings. The van der Waals surface area contributed by atoms with Crippen LogP contribution in [0.5, 0.6) is 0 Å². The van der Waals surface area contributed by atoms with E-state index in [9.17, 15) is 0 Å². The van der Waals surface area contributed by atoms with Crippen LogP contribution in [0.25, 0.3) is 0 Å². The van der Waals surface area contributed by atoms with E-state index in [1.54, 1.807) is 0 Å². The second-order valence-corrected chi connectivity index (χ2v) is 1.85. The molecule has 0 rings (SSSR count). The topological polar surface area (TPSA) is 74.6 Å². The van der Waals surface area contributed by atoms with E-state index in [2.05, 4.69) is 20.3 Å². The van der Waals surface area contributed by atoms with Gasteiger partial charge in [-0.05, 0) is 0 Å². The molecule has 13 heavy (non-hydrogen) atoms. The molecule has 0 aromatic carbocycles. The Hall–Kier alpha value is -0.541. The van der Waals surface area contributed by atoms with Gasteiger partial charge < -0.3 is 16.6 Å². The number of carboxylic acids is 2. The summed E-state index contributed by atoms with van der Waals surface area (Å²) in [5, 5.41) is 14.8. The second kappa shape index (κ2) is 22.5. The Bertz CT molecular complexity index is 92.7. The van der Waals surface area contributed by atoms with E-state index in [1.807, 2.05) is 0 Å². The predicted molar refractivity (Wildman–Crippen MR) is 46.9 cm³/mol. The summed E-state index contributed by atoms with van der Waals surface area (Å²) in [5.41, 5.74) is 0. The molecule has 0 aliphatic heterocycles. The zero-order valence-corrected chi connectivity index (χ0v) is 9.45. The molecule has 0 aliphatic carbocycles. The van der Waals surface area contributed by atoms with E-state index in [-0.39, 0.29) is 17.1 Å². The van der Waals surface area contributed by atoms with Gasteiger partial charge in [0.2, 0.25) is 0 Å². The summed E-state index contributed by atoms with van der Waals surface area (Å²) < 4.78 is 0. The Balaban J connectivity index is -0.0000000450. The average molecular weight is 233 g/mol. The Kier molecular flexibility index (Phi) is 39.6. The summed E-state index contributed by atoms with van der Waals surface area (Å²) >= 11 is 0. The largest absolute Gasteiger partial charge is 0.481 e. The number of hydrogen-bond acceptors (Lipinski definition) is 2. The van der Waals surface area contributed by atoms with Gasteiger partial charge in [-0.3, -0.25) is 9.59 Å². The van der Waals surface area contributed by atoms with Gasteiger partial charge in [0.25, 0.3) is 11.9 Å². The van der Waals surface area contributed by atoms with Crippen LogP contribution in [-0.4, -0.2) is 22.2 Å². The first kappa shape index (κ1) is 22.9. The zero-order valence-electron chi connectivity index (χ0n) is 8.35. The van der Waals surface area contributed by atoms with Gasteiger partial charge in [0.1, 0.15) is 0 Å². The van der Waals surface area contributed by atoms with E-state index in [0.717, 1.165) is 13.8 Å². The molecule has 0 unspecified atom stereocenters. The standard InChI is InChI=1S/C4H9.2C2H4O2.Fe/c1-3-4-2;2*1-2(3)4;/h3H,4H2,1-2H3;2*1H3,(H,3,4);/q-1;;;. The van der Waals surface area contributed by atoms with Gasteiger partial charge in [0.15, 0.2) is 0 Å². The fourth-order valence-corrected chi connectivity index (χ4v) is 0. The van der Waals surface area contributed by atoms with E-state index in [1.165, 1.54) is 6.42 Å². The first-order valence-electron chi connectivity index (χ1n) is 3.55. The van der Waals surface area contributed by atoms with Crippen molar-refractivity contribution in [3.63, 3.8) is 0 Å². The smallest absolute Gasteiger partial charge is 0.300 e. The molecule has 0 saturated carbocycles. The quantitative estimate of drug-likeness (QED) is 0.534. The minimum Gasteiger partial charge on any atom is -0.481 e. The van der Waals surface area contributed by atoms with Crippen molar-refractivity contribution in [2.24, 2.45) is 0 Å². The van der Waals surface area contributed by atoms with Gasteiger partial charge >= 0.3 is 0 Å². The molecular formula is C8H17FeO4-. The summed E-state index contributed by atoms with van der Waals surface area (Å²) in [7, 11) is 0. The summed E-state index contributed by atoms with van der Waals surface area (Å²) in [4.78, 5) is 18.0. The molecule has 0 aliphatic rings. The van der Waals surface area contributed by atoms with Crippen LogP contribution in [0.3, 0.4) is 0 Å². The van der Waals surface area contributed by atoms with Crippen molar-refractivity contribution >= 4 is 11.9 Å². The summed E-state index contributed by atoms with van der Waals surface area (Å²) in [6.07, 6.45) is 3.32. The maximum absolute atomic E-state index is 9.00. The Morgan fingerprint density at radius 1 is 1.15 bits per heavy atom. The number of carbonyl (C=O) groups is 2. The van der Waals surface area contributed by atoms with Crippen molar-refractivity contribution < 1.29 is 36.9 Å². The molecule has 0 bridgehead atoms. The minimum absolute atomic E-state index is 0. The van der Waals surface area contributed by atoms with Crippen LogP contribution in [0.4, 0.5) is 0 Å². The van der Waals surface area contributed by atoms with Gasteiger partial charge in [-0.25, -0.2) is 0 Å². The fourth-order valence-electron chi connectivity index (χ4n) is 0. The molecule has 0 atom stereocenters. The Morgan fingerprint density at radius 2 is 1.23 bits per heavy atom. The predicted octanol–water partition coefficient (Wildman–Crippen LogP) is 1.80. The van der Waals surface area contributed by atoms with Crippen molar-refractivity contribution in [3.8, 4) is 0 Å². The third-order valence-electron chi connectivity index (χ3n) is 0.408. The number of unbranched alkanes of at least 4 members (excludes halogenated alkanes) is 1. The van der Waals surface area contributed by atoms with Crippen LogP contribution in [0, 0.1) is 6.42 Å². The fraction of sp³-hybridized carbons (Fsp3) is 0.625. The van der Waals surface area contributed by atoms with E-state index >= 15 is 0 Å². The molecule has 0 fully saturated rings. The van der Waals surface area contributed by atoms with Crippen LogP contribution in [0.1, 0.15) is 34.1 Å². The molecule has 0 amide bonds. The molecular weight excluding hydrogens is 216 g/mol. The first-order valence-corrected chi connectivity index (χ1v) is 3.55. The van der Waals surface area contributed by atoms with Crippen molar-refractivity contribution in [1.29, 1.82) is 0 Å². The summed E-state index contributed by atoms with van der Waals surface area (Å²) in [5.74, 6) is -1.67. The van der Waals surface area contributed by atoms with Crippen LogP contribution < -0.4 is 0 Å². The van der Waals surface area contributed by atoms with Crippen molar-refractivity contribution in [2.75, 3.05) is 0 Å². The summed E-state index contributed by atoms with van der Waals surface area (Å²) in [6.45, 7) is 6.35. The van der Waals surface area contributed by atoms with Gasteiger partial charge in [-0.1, -0.05) is 6.92 Å². The Morgan fingerprint density at radius 3 is 1.23 bits per heavy atom. The molecule has 82 valence electrons. The molecule has 0 heterocycles. The molecule has 4 nitrogen and oxygen atoms in total. The number of hydrogen-bond donors (Lipinski definition) is 2. The molecule has 0 radical (unpaired) electrons. The van der Waals surface area contributed by atoms with Crippen molar-refractivity contribution in [1.82, 2.24) is 0 Å². The third-order valence-corrected chi connectivity index (χ3v) is 0.408. The summed E-state index contributed by atoms with van der Waals surface area (Å²) in [6, 6.07) is 0. The van der Waals surface area contributed by atoms with Crippen LogP contribution in [-0.2, 0) is 26.7 Å². The van der Waals surface area contributed by atoms with E-state index < -0.39 is 11.9 Å². The van der Waals surface area contributed by atoms with Crippen LogP contribution in [0.15, 0.2) is 0 Å². The molecule has 0 aromatic heterocycles. The zero-order chi connectivity index (χ0) is 10.6. The minimum atomic E-state index is -0.833. The maximum Gasteiger partial charge on any atom is 0.300 e. The Labute approximate surface area is 89.8 Å². The van der Waals surface area contributed by atoms with E-state index in [0.29, 0.717) is 0 Å². The van der Waals surface area contributed by atoms with Crippen LogP contribution in [0.2, 0.25) is 0 Å². The van der Waals surface area contributed by atoms with E-state index in [4.69, 9.17) is 19.8 Å².